The average molecular weight is 437 g/mol. The molecule has 1 aliphatic heterocycles. The lowest BCUT2D eigenvalue weighted by Crippen LogP contribution is -2.29. The van der Waals surface area contributed by atoms with Gasteiger partial charge >= 0.3 is 0 Å². The number of pyridine rings is 1. The van der Waals surface area contributed by atoms with E-state index in [9.17, 15) is 8.42 Å². The molecule has 1 saturated heterocycles. The smallest absolute Gasteiger partial charge is 0.243 e. The molecule has 0 saturated carbocycles. The molecule has 5 rings (SSSR count). The minimum absolute atomic E-state index is 0.0790. The molecule has 0 aliphatic carbocycles. The van der Waals surface area contributed by atoms with Crippen molar-refractivity contribution in [1.29, 1.82) is 0 Å². The Kier molecular flexibility index (Phi) is 4.91. The SMILES string of the molecule is CC(C)c1ccc(S(=O)(=O)N2CC[C@H](n3c(-c4ccco4)nc4cccnc43)C2)cc1. The van der Waals surface area contributed by atoms with Crippen LogP contribution >= 0.6 is 0 Å². The molecule has 1 fully saturated rings. The Labute approximate surface area is 181 Å². The van der Waals surface area contributed by atoms with Gasteiger partial charge in [-0.2, -0.15) is 4.31 Å². The van der Waals surface area contributed by atoms with Crippen LogP contribution in [0.2, 0.25) is 0 Å². The third-order valence-electron chi connectivity index (χ3n) is 5.87. The van der Waals surface area contributed by atoms with Crippen LogP contribution < -0.4 is 0 Å². The van der Waals surface area contributed by atoms with Gasteiger partial charge in [-0.1, -0.05) is 26.0 Å². The van der Waals surface area contributed by atoms with Crippen molar-refractivity contribution in [3.05, 3.63) is 66.6 Å². The number of furan rings is 1. The van der Waals surface area contributed by atoms with E-state index in [1.54, 1.807) is 28.9 Å². The molecule has 1 atom stereocenters. The van der Waals surface area contributed by atoms with Crippen molar-refractivity contribution in [2.45, 2.75) is 37.1 Å². The molecule has 4 aromatic rings. The molecular formula is C23H24N4O3S. The molecule has 3 aromatic heterocycles. The summed E-state index contributed by atoms with van der Waals surface area (Å²) in [7, 11) is -3.57. The Hall–Kier alpha value is -2.97. The molecule has 1 aromatic carbocycles. The minimum atomic E-state index is -3.57. The van der Waals surface area contributed by atoms with E-state index in [1.807, 2.05) is 41.0 Å². The van der Waals surface area contributed by atoms with Crippen LogP contribution in [0.3, 0.4) is 0 Å². The maximum atomic E-state index is 13.3. The van der Waals surface area contributed by atoms with Crippen molar-refractivity contribution < 1.29 is 12.8 Å². The number of rotatable bonds is 5. The van der Waals surface area contributed by atoms with Gasteiger partial charge in [-0.25, -0.2) is 18.4 Å². The van der Waals surface area contributed by atoms with Crippen LogP contribution in [-0.2, 0) is 10.0 Å². The summed E-state index contributed by atoms with van der Waals surface area (Å²) in [5, 5.41) is 0. The van der Waals surface area contributed by atoms with Crippen LogP contribution in [0.5, 0.6) is 0 Å². The molecule has 4 heterocycles. The average Bonchev–Trinajstić information content (AvgIpc) is 3.52. The Balaban J connectivity index is 1.48. The third-order valence-corrected chi connectivity index (χ3v) is 7.75. The molecular weight excluding hydrogens is 412 g/mol. The topological polar surface area (TPSA) is 81.2 Å². The number of sulfonamides is 1. The lowest BCUT2D eigenvalue weighted by molar-refractivity contribution is 0.453. The first-order valence-electron chi connectivity index (χ1n) is 10.4. The van der Waals surface area contributed by atoms with E-state index in [0.29, 0.717) is 41.9 Å². The van der Waals surface area contributed by atoms with Gasteiger partial charge in [0.05, 0.1) is 17.2 Å². The number of aromatic nitrogens is 3. The van der Waals surface area contributed by atoms with Crippen LogP contribution in [0, 0.1) is 0 Å². The van der Waals surface area contributed by atoms with Crippen molar-refractivity contribution in [3.8, 4) is 11.6 Å². The molecule has 31 heavy (non-hydrogen) atoms. The predicted molar refractivity (Wildman–Crippen MR) is 118 cm³/mol. The van der Waals surface area contributed by atoms with E-state index in [0.717, 1.165) is 16.7 Å². The first-order valence-corrected chi connectivity index (χ1v) is 11.9. The quantitative estimate of drug-likeness (QED) is 0.462. The van der Waals surface area contributed by atoms with Gasteiger partial charge in [0.1, 0.15) is 5.52 Å². The fourth-order valence-electron chi connectivity index (χ4n) is 4.17. The highest BCUT2D eigenvalue weighted by Gasteiger charge is 2.35. The monoisotopic (exact) mass is 436 g/mol. The molecule has 0 unspecified atom stereocenters. The van der Waals surface area contributed by atoms with E-state index < -0.39 is 10.0 Å². The first kappa shape index (κ1) is 20.0. The van der Waals surface area contributed by atoms with Crippen LogP contribution in [0.15, 0.2) is 70.3 Å². The molecule has 1 aliphatic rings. The second-order valence-corrected chi connectivity index (χ2v) is 10.1. The summed E-state index contributed by atoms with van der Waals surface area (Å²) < 4.78 is 35.7. The van der Waals surface area contributed by atoms with Gasteiger partial charge in [0.25, 0.3) is 0 Å². The van der Waals surface area contributed by atoms with Crippen molar-refractivity contribution in [2.75, 3.05) is 13.1 Å². The van der Waals surface area contributed by atoms with Gasteiger partial charge in [0.2, 0.25) is 10.0 Å². The number of hydrogen-bond donors (Lipinski definition) is 0. The predicted octanol–water partition coefficient (Wildman–Crippen LogP) is 4.45. The molecule has 8 heteroatoms. The zero-order valence-electron chi connectivity index (χ0n) is 17.5. The van der Waals surface area contributed by atoms with Gasteiger partial charge in [-0.15, -0.1) is 0 Å². The van der Waals surface area contributed by atoms with Gasteiger partial charge in [-0.05, 0) is 54.3 Å². The summed E-state index contributed by atoms with van der Waals surface area (Å²) >= 11 is 0. The van der Waals surface area contributed by atoms with Gasteiger partial charge in [0.15, 0.2) is 17.2 Å². The maximum Gasteiger partial charge on any atom is 0.243 e. The van der Waals surface area contributed by atoms with E-state index >= 15 is 0 Å². The van der Waals surface area contributed by atoms with Crippen LogP contribution in [0.1, 0.15) is 37.8 Å². The highest BCUT2D eigenvalue weighted by molar-refractivity contribution is 7.89. The number of imidazole rings is 1. The number of hydrogen-bond acceptors (Lipinski definition) is 5. The third kappa shape index (κ3) is 3.45. The molecule has 160 valence electrons. The summed E-state index contributed by atoms with van der Waals surface area (Å²) in [5.74, 6) is 1.67. The summed E-state index contributed by atoms with van der Waals surface area (Å²) in [6, 6.07) is 14.6. The van der Waals surface area contributed by atoms with Crippen LogP contribution in [0.25, 0.3) is 22.7 Å². The Morgan fingerprint density at radius 1 is 1.10 bits per heavy atom. The summed E-state index contributed by atoms with van der Waals surface area (Å²) in [4.78, 5) is 9.56. The maximum absolute atomic E-state index is 13.3. The van der Waals surface area contributed by atoms with E-state index in [2.05, 4.69) is 18.8 Å². The van der Waals surface area contributed by atoms with Crippen molar-refractivity contribution in [3.63, 3.8) is 0 Å². The van der Waals surface area contributed by atoms with Gasteiger partial charge < -0.3 is 8.98 Å². The van der Waals surface area contributed by atoms with Gasteiger partial charge in [0, 0.05) is 19.3 Å². The van der Waals surface area contributed by atoms with Gasteiger partial charge in [-0.3, -0.25) is 0 Å². The summed E-state index contributed by atoms with van der Waals surface area (Å²) in [6.45, 7) is 5.00. The fraction of sp³-hybridized carbons (Fsp3) is 0.304. The molecule has 0 spiro atoms. The number of benzene rings is 1. The molecule has 0 bridgehead atoms. The van der Waals surface area contributed by atoms with E-state index in [-0.39, 0.29) is 6.04 Å². The van der Waals surface area contributed by atoms with Crippen LogP contribution in [-0.4, -0.2) is 40.3 Å². The minimum Gasteiger partial charge on any atom is -0.461 e. The Morgan fingerprint density at radius 2 is 1.90 bits per heavy atom. The lowest BCUT2D eigenvalue weighted by Gasteiger charge is -2.19. The highest BCUT2D eigenvalue weighted by atomic mass is 32.2. The van der Waals surface area contributed by atoms with Crippen LogP contribution in [0.4, 0.5) is 0 Å². The van der Waals surface area contributed by atoms with Crippen molar-refractivity contribution in [2.24, 2.45) is 0 Å². The number of fused-ring (bicyclic) bond motifs is 1. The standard InChI is InChI=1S/C23H24N4O3S/c1-16(2)17-7-9-19(10-8-17)31(28,29)26-13-11-18(15-26)27-22-20(5-3-12-24-22)25-23(27)21-6-4-14-30-21/h3-10,12,14,16,18H,11,13,15H2,1-2H3/t18-/m0/s1. The fourth-order valence-corrected chi connectivity index (χ4v) is 5.66. The molecule has 0 N–H and O–H groups in total. The first-order chi connectivity index (χ1) is 14.9. The van der Waals surface area contributed by atoms with E-state index in [4.69, 9.17) is 9.40 Å². The lowest BCUT2D eigenvalue weighted by atomic mass is 10.0. The molecule has 7 nitrogen and oxygen atoms in total. The zero-order chi connectivity index (χ0) is 21.6. The Bertz CT molecular complexity index is 1310. The second kappa shape index (κ2) is 7.62. The van der Waals surface area contributed by atoms with Crippen molar-refractivity contribution >= 4 is 21.2 Å². The normalized spacial score (nSPS) is 17.7. The zero-order valence-corrected chi connectivity index (χ0v) is 18.3. The largest absolute Gasteiger partial charge is 0.461 e. The number of nitrogens with zero attached hydrogens (tertiary/aromatic N) is 4. The highest BCUT2D eigenvalue weighted by Crippen LogP contribution is 2.34. The molecule has 0 amide bonds. The summed E-state index contributed by atoms with van der Waals surface area (Å²) in [5.41, 5.74) is 2.62. The molecule has 0 radical (unpaired) electrons. The summed E-state index contributed by atoms with van der Waals surface area (Å²) in [6.07, 6.45) is 4.02. The second-order valence-electron chi connectivity index (χ2n) is 8.16. The van der Waals surface area contributed by atoms with E-state index in [1.165, 1.54) is 0 Å². The Morgan fingerprint density at radius 3 is 2.61 bits per heavy atom. The van der Waals surface area contributed by atoms with Crippen molar-refractivity contribution in [1.82, 2.24) is 18.8 Å².